The van der Waals surface area contributed by atoms with Crippen LogP contribution in [0.3, 0.4) is 0 Å². The monoisotopic (exact) mass is 316 g/mol. The predicted molar refractivity (Wildman–Crippen MR) is 70.5 cm³/mol. The molecule has 0 heterocycles. The first kappa shape index (κ1) is 13.9. The molecule has 0 radical (unpaired) electrons. The summed E-state index contributed by atoms with van der Waals surface area (Å²) in [5, 5.41) is 8.56. The van der Waals surface area contributed by atoms with Gasteiger partial charge in [0.15, 0.2) is 5.78 Å². The van der Waals surface area contributed by atoms with Crippen LogP contribution in [0.25, 0.3) is 6.08 Å². The quantitative estimate of drug-likeness (QED) is 0.515. The van der Waals surface area contributed by atoms with Crippen LogP contribution in [0.15, 0.2) is 28.7 Å². The number of rotatable bonds is 5. The normalized spacial score (nSPS) is 10.7. The van der Waals surface area contributed by atoms with E-state index in [1.54, 1.807) is 18.2 Å². The summed E-state index contributed by atoms with van der Waals surface area (Å²) in [7, 11) is 0. The van der Waals surface area contributed by atoms with Gasteiger partial charge in [0.25, 0.3) is 0 Å². The smallest absolute Gasteiger partial charge is 0.328 e. The zero-order valence-corrected chi connectivity index (χ0v) is 11.2. The number of carbonyl (C=O) groups excluding carboxylic acids is 1. The van der Waals surface area contributed by atoms with E-state index in [-0.39, 0.29) is 18.1 Å². The van der Waals surface area contributed by atoms with E-state index in [2.05, 4.69) is 15.9 Å². The molecule has 5 heteroatoms. The fourth-order valence-electron chi connectivity index (χ4n) is 1.30. The first-order chi connectivity index (χ1) is 8.04. The number of hydrogen-bond acceptors (Lipinski definition) is 2. The SMILES string of the molecule is O=C(O)/C=C/c1ccc(Br)cc1C(=O)CCCl. The van der Waals surface area contributed by atoms with Crippen LogP contribution in [-0.2, 0) is 4.79 Å². The molecule has 3 nitrogen and oxygen atoms in total. The summed E-state index contributed by atoms with van der Waals surface area (Å²) in [6.07, 6.45) is 2.63. The van der Waals surface area contributed by atoms with E-state index >= 15 is 0 Å². The Morgan fingerprint density at radius 2 is 2.12 bits per heavy atom. The van der Waals surface area contributed by atoms with Gasteiger partial charge in [-0.2, -0.15) is 0 Å². The van der Waals surface area contributed by atoms with Gasteiger partial charge in [0, 0.05) is 28.4 Å². The number of aliphatic carboxylic acids is 1. The van der Waals surface area contributed by atoms with Crippen LogP contribution >= 0.6 is 27.5 Å². The molecule has 0 spiro atoms. The number of ketones is 1. The van der Waals surface area contributed by atoms with Gasteiger partial charge in [0.1, 0.15) is 0 Å². The number of alkyl halides is 1. The summed E-state index contributed by atoms with van der Waals surface area (Å²) < 4.78 is 0.767. The lowest BCUT2D eigenvalue weighted by atomic mass is 10.0. The van der Waals surface area contributed by atoms with Crippen molar-refractivity contribution in [2.75, 3.05) is 5.88 Å². The molecule has 1 aromatic carbocycles. The highest BCUT2D eigenvalue weighted by molar-refractivity contribution is 9.10. The number of carbonyl (C=O) groups is 2. The molecule has 0 aliphatic rings. The first-order valence-electron chi connectivity index (χ1n) is 4.84. The number of halogens is 2. The molecule has 0 unspecified atom stereocenters. The van der Waals surface area contributed by atoms with E-state index in [1.165, 1.54) is 6.08 Å². The molecule has 0 aliphatic carbocycles. The average Bonchev–Trinajstić information content (AvgIpc) is 2.27. The molecular formula is C12H10BrClO3. The topological polar surface area (TPSA) is 54.4 Å². The van der Waals surface area contributed by atoms with Gasteiger partial charge in [0.2, 0.25) is 0 Å². The van der Waals surface area contributed by atoms with Crippen molar-refractivity contribution in [2.24, 2.45) is 0 Å². The second-order valence-corrected chi connectivity index (χ2v) is 4.56. The summed E-state index contributed by atoms with van der Waals surface area (Å²) in [4.78, 5) is 22.2. The molecule has 0 saturated carbocycles. The zero-order chi connectivity index (χ0) is 12.8. The van der Waals surface area contributed by atoms with E-state index < -0.39 is 5.97 Å². The van der Waals surface area contributed by atoms with Crippen LogP contribution in [0.5, 0.6) is 0 Å². The van der Waals surface area contributed by atoms with Crippen molar-refractivity contribution in [2.45, 2.75) is 6.42 Å². The maximum atomic E-state index is 11.8. The van der Waals surface area contributed by atoms with Crippen LogP contribution in [0.1, 0.15) is 22.3 Å². The van der Waals surface area contributed by atoms with E-state index in [9.17, 15) is 9.59 Å². The molecule has 0 bridgehead atoms. The van der Waals surface area contributed by atoms with Gasteiger partial charge in [-0.05, 0) is 23.8 Å². The summed E-state index contributed by atoms with van der Waals surface area (Å²) >= 11 is 8.79. The van der Waals surface area contributed by atoms with E-state index in [1.807, 2.05) is 0 Å². The number of carboxylic acids is 1. The fraction of sp³-hybridized carbons (Fsp3) is 0.167. The highest BCUT2D eigenvalue weighted by Gasteiger charge is 2.10. The van der Waals surface area contributed by atoms with E-state index in [4.69, 9.17) is 16.7 Å². The van der Waals surface area contributed by atoms with Crippen LogP contribution < -0.4 is 0 Å². The molecule has 1 N–H and O–H groups in total. The number of benzene rings is 1. The van der Waals surface area contributed by atoms with Gasteiger partial charge in [0.05, 0.1) is 0 Å². The van der Waals surface area contributed by atoms with Gasteiger partial charge in [-0.3, -0.25) is 4.79 Å². The lowest BCUT2D eigenvalue weighted by Gasteiger charge is -2.04. The fourth-order valence-corrected chi connectivity index (χ4v) is 1.83. The Kier molecular flexibility index (Phi) is 5.38. The summed E-state index contributed by atoms with van der Waals surface area (Å²) in [5.74, 6) is -0.914. The Morgan fingerprint density at radius 3 is 2.71 bits per heavy atom. The third kappa shape index (κ3) is 4.32. The highest BCUT2D eigenvalue weighted by atomic mass is 79.9. The lowest BCUT2D eigenvalue weighted by Crippen LogP contribution is -2.02. The second kappa shape index (κ2) is 6.57. The molecule has 17 heavy (non-hydrogen) atoms. The van der Waals surface area contributed by atoms with Gasteiger partial charge >= 0.3 is 5.97 Å². The van der Waals surface area contributed by atoms with Crippen molar-refractivity contribution >= 4 is 45.4 Å². The van der Waals surface area contributed by atoms with Crippen LogP contribution in [0.4, 0.5) is 0 Å². The molecule has 0 aromatic heterocycles. The van der Waals surface area contributed by atoms with Gasteiger partial charge in [-0.15, -0.1) is 11.6 Å². The molecule has 0 aliphatic heterocycles. The van der Waals surface area contributed by atoms with Crippen molar-refractivity contribution in [1.29, 1.82) is 0 Å². The molecule has 1 rings (SSSR count). The van der Waals surface area contributed by atoms with Crippen LogP contribution in [0.2, 0.25) is 0 Å². The lowest BCUT2D eigenvalue weighted by molar-refractivity contribution is -0.131. The van der Waals surface area contributed by atoms with Crippen molar-refractivity contribution < 1.29 is 14.7 Å². The van der Waals surface area contributed by atoms with Crippen molar-refractivity contribution in [3.63, 3.8) is 0 Å². The molecule has 1 aromatic rings. The standard InChI is InChI=1S/C12H10BrClO3/c13-9-3-1-8(2-4-12(16)17)10(7-9)11(15)5-6-14/h1-4,7H,5-6H2,(H,16,17)/b4-2+. The minimum absolute atomic E-state index is 0.105. The Morgan fingerprint density at radius 1 is 1.41 bits per heavy atom. The summed E-state index contributed by atoms with van der Waals surface area (Å²) in [6.45, 7) is 0. The molecule has 0 saturated heterocycles. The summed E-state index contributed by atoms with van der Waals surface area (Å²) in [6, 6.07) is 5.10. The van der Waals surface area contributed by atoms with Crippen LogP contribution in [0, 0.1) is 0 Å². The largest absolute Gasteiger partial charge is 0.478 e. The molecule has 0 atom stereocenters. The van der Waals surface area contributed by atoms with Gasteiger partial charge < -0.3 is 5.11 Å². The molecule has 0 amide bonds. The molecular weight excluding hydrogens is 307 g/mol. The highest BCUT2D eigenvalue weighted by Crippen LogP contribution is 2.19. The summed E-state index contributed by atoms with van der Waals surface area (Å²) in [5.41, 5.74) is 1.04. The minimum Gasteiger partial charge on any atom is -0.478 e. The van der Waals surface area contributed by atoms with Crippen molar-refractivity contribution in [3.05, 3.63) is 39.9 Å². The Balaban J connectivity index is 3.12. The predicted octanol–water partition coefficient (Wildman–Crippen LogP) is 3.36. The minimum atomic E-state index is -1.05. The van der Waals surface area contributed by atoms with Gasteiger partial charge in [-0.1, -0.05) is 22.0 Å². The molecule has 90 valence electrons. The van der Waals surface area contributed by atoms with Crippen molar-refractivity contribution in [3.8, 4) is 0 Å². The van der Waals surface area contributed by atoms with Gasteiger partial charge in [-0.25, -0.2) is 4.79 Å². The third-order valence-corrected chi connectivity index (χ3v) is 2.73. The third-order valence-electron chi connectivity index (χ3n) is 2.04. The maximum absolute atomic E-state index is 11.8. The Bertz CT molecular complexity index is 469. The molecule has 0 fully saturated rings. The Labute approximate surface area is 112 Å². The van der Waals surface area contributed by atoms with Crippen LogP contribution in [-0.4, -0.2) is 22.7 Å². The van der Waals surface area contributed by atoms with E-state index in [0.717, 1.165) is 10.5 Å². The zero-order valence-electron chi connectivity index (χ0n) is 8.82. The maximum Gasteiger partial charge on any atom is 0.328 e. The number of hydrogen-bond donors (Lipinski definition) is 1. The second-order valence-electron chi connectivity index (χ2n) is 3.27. The average molecular weight is 318 g/mol. The first-order valence-corrected chi connectivity index (χ1v) is 6.17. The Hall–Kier alpha value is -1.13. The van der Waals surface area contributed by atoms with Crippen molar-refractivity contribution in [1.82, 2.24) is 0 Å². The number of carboxylic acid groups (broad SMARTS) is 1. The number of Topliss-reactive ketones (excluding diaryl/α,β-unsaturated/α-hetero) is 1. The van der Waals surface area contributed by atoms with E-state index in [0.29, 0.717) is 11.1 Å².